The molecule has 0 spiro atoms. The largest absolute Gasteiger partial charge is 0.496 e. The lowest BCUT2D eigenvalue weighted by Gasteiger charge is -2.34. The molecule has 2 aromatic rings. The summed E-state index contributed by atoms with van der Waals surface area (Å²) in [4.78, 5) is 30.1. The molecule has 2 N–H and O–H groups in total. The van der Waals surface area contributed by atoms with Gasteiger partial charge in [0.25, 0.3) is 0 Å². The van der Waals surface area contributed by atoms with Crippen LogP contribution in [0.2, 0.25) is 5.02 Å². The quantitative estimate of drug-likeness (QED) is 0.527. The van der Waals surface area contributed by atoms with E-state index in [0.29, 0.717) is 31.0 Å². The molecule has 3 atom stereocenters. The van der Waals surface area contributed by atoms with Crippen LogP contribution < -0.4 is 15.4 Å². The third-order valence-electron chi connectivity index (χ3n) is 7.08. The second kappa shape index (κ2) is 11.4. The number of amides is 2. The highest BCUT2D eigenvalue weighted by Gasteiger charge is 2.46. The lowest BCUT2D eigenvalue weighted by atomic mass is 10.0. The molecule has 2 heterocycles. The SMILES string of the molecule is CCN(CC)Cc1cc(CN[C@H]2C[C@H]3C(=O)N[C@@H](Cc4ccc(Cl)cc4)C(=O)N3C2)ccc1OC. The molecule has 4 rings (SSSR count). The molecule has 0 radical (unpaired) electrons. The van der Waals surface area contributed by atoms with Crippen molar-refractivity contribution in [3.8, 4) is 5.75 Å². The fourth-order valence-corrected chi connectivity index (χ4v) is 5.14. The Morgan fingerprint density at radius 2 is 1.83 bits per heavy atom. The van der Waals surface area contributed by atoms with E-state index in [1.165, 1.54) is 5.56 Å². The van der Waals surface area contributed by atoms with Crippen LogP contribution in [0.3, 0.4) is 0 Å². The van der Waals surface area contributed by atoms with E-state index in [0.717, 1.165) is 36.5 Å². The van der Waals surface area contributed by atoms with Crippen molar-refractivity contribution in [2.45, 2.75) is 57.9 Å². The highest BCUT2D eigenvalue weighted by Crippen LogP contribution is 2.26. The number of nitrogens with one attached hydrogen (secondary N) is 2. The van der Waals surface area contributed by atoms with Gasteiger partial charge in [-0.15, -0.1) is 0 Å². The van der Waals surface area contributed by atoms with Crippen molar-refractivity contribution in [1.29, 1.82) is 0 Å². The molecule has 188 valence electrons. The predicted octanol–water partition coefficient (Wildman–Crippen LogP) is 2.99. The zero-order valence-corrected chi connectivity index (χ0v) is 21.5. The number of fused-ring (bicyclic) bond motifs is 1. The summed E-state index contributed by atoms with van der Waals surface area (Å²) in [6.45, 7) is 8.34. The van der Waals surface area contributed by atoms with Gasteiger partial charge in [-0.3, -0.25) is 14.5 Å². The summed E-state index contributed by atoms with van der Waals surface area (Å²) < 4.78 is 5.57. The van der Waals surface area contributed by atoms with Crippen LogP contribution in [0.4, 0.5) is 0 Å². The standard InChI is InChI=1S/C27H35ClN4O3/c1-4-31(5-2)16-20-12-19(8-11-25(20)35-3)15-29-22-14-24-26(33)30-23(27(34)32(24)17-22)13-18-6-9-21(28)10-7-18/h6-12,22-24,29H,4-5,13-17H2,1-3H3,(H,30,33)/t22-,23-,24-/m0/s1. The Balaban J connectivity index is 1.37. The normalized spacial score (nSPS) is 21.9. The van der Waals surface area contributed by atoms with Gasteiger partial charge in [-0.25, -0.2) is 0 Å². The highest BCUT2D eigenvalue weighted by atomic mass is 35.5. The number of ether oxygens (including phenoxy) is 1. The minimum Gasteiger partial charge on any atom is -0.496 e. The third-order valence-corrected chi connectivity index (χ3v) is 7.33. The van der Waals surface area contributed by atoms with Crippen molar-refractivity contribution >= 4 is 23.4 Å². The van der Waals surface area contributed by atoms with Crippen LogP contribution in [-0.4, -0.2) is 66.5 Å². The Morgan fingerprint density at radius 3 is 2.51 bits per heavy atom. The van der Waals surface area contributed by atoms with Crippen LogP contribution in [0.1, 0.15) is 37.0 Å². The topological polar surface area (TPSA) is 73.9 Å². The number of halogens is 1. The summed E-state index contributed by atoms with van der Waals surface area (Å²) in [7, 11) is 1.70. The second-order valence-electron chi connectivity index (χ2n) is 9.32. The van der Waals surface area contributed by atoms with Gasteiger partial charge in [-0.1, -0.05) is 43.6 Å². The van der Waals surface area contributed by atoms with Crippen LogP contribution in [0.5, 0.6) is 5.75 Å². The first-order valence-corrected chi connectivity index (χ1v) is 12.8. The first kappa shape index (κ1) is 25.5. The minimum atomic E-state index is -0.539. The number of hydrogen-bond donors (Lipinski definition) is 2. The van der Waals surface area contributed by atoms with Crippen molar-refractivity contribution in [2.24, 2.45) is 0 Å². The van der Waals surface area contributed by atoms with E-state index in [4.69, 9.17) is 16.3 Å². The van der Waals surface area contributed by atoms with Crippen LogP contribution in [0.15, 0.2) is 42.5 Å². The van der Waals surface area contributed by atoms with Crippen LogP contribution in [0.25, 0.3) is 0 Å². The summed E-state index contributed by atoms with van der Waals surface area (Å²) in [5.41, 5.74) is 3.30. The fraction of sp³-hybridized carbons (Fsp3) is 0.481. The average Bonchev–Trinajstić information content (AvgIpc) is 3.31. The molecule has 0 aliphatic carbocycles. The van der Waals surface area contributed by atoms with Crippen molar-refractivity contribution in [2.75, 3.05) is 26.7 Å². The first-order valence-electron chi connectivity index (χ1n) is 12.4. The molecule has 2 aromatic carbocycles. The summed E-state index contributed by atoms with van der Waals surface area (Å²) in [5, 5.41) is 7.16. The molecular weight excluding hydrogens is 464 g/mol. The Hall–Kier alpha value is -2.61. The molecule has 0 saturated carbocycles. The summed E-state index contributed by atoms with van der Waals surface area (Å²) in [6, 6.07) is 12.8. The zero-order valence-electron chi connectivity index (χ0n) is 20.7. The van der Waals surface area contributed by atoms with Gasteiger partial charge in [0.15, 0.2) is 0 Å². The van der Waals surface area contributed by atoms with Gasteiger partial charge in [0.2, 0.25) is 11.8 Å². The van der Waals surface area contributed by atoms with Crippen molar-refractivity contribution in [3.05, 3.63) is 64.2 Å². The van der Waals surface area contributed by atoms with Gasteiger partial charge in [-0.2, -0.15) is 0 Å². The number of piperazine rings is 1. The van der Waals surface area contributed by atoms with Crippen LogP contribution in [-0.2, 0) is 29.1 Å². The molecular formula is C27H35ClN4O3. The highest BCUT2D eigenvalue weighted by molar-refractivity contribution is 6.30. The minimum absolute atomic E-state index is 0.0141. The van der Waals surface area contributed by atoms with Gasteiger partial charge in [0.1, 0.15) is 17.8 Å². The number of hydrogen-bond acceptors (Lipinski definition) is 5. The third kappa shape index (κ3) is 5.97. The van der Waals surface area contributed by atoms with Crippen LogP contribution >= 0.6 is 11.6 Å². The van der Waals surface area contributed by atoms with E-state index < -0.39 is 12.1 Å². The zero-order chi connectivity index (χ0) is 24.9. The number of carbonyl (C=O) groups is 2. The lowest BCUT2D eigenvalue weighted by Crippen LogP contribution is -2.61. The van der Waals surface area contributed by atoms with E-state index in [1.54, 1.807) is 24.1 Å². The van der Waals surface area contributed by atoms with Gasteiger partial charge in [-0.05, 0) is 54.9 Å². The van der Waals surface area contributed by atoms with E-state index in [-0.39, 0.29) is 17.9 Å². The number of nitrogens with zero attached hydrogens (tertiary/aromatic N) is 2. The first-order chi connectivity index (χ1) is 16.9. The molecule has 0 unspecified atom stereocenters. The van der Waals surface area contributed by atoms with Gasteiger partial charge in [0.05, 0.1) is 7.11 Å². The summed E-state index contributed by atoms with van der Waals surface area (Å²) in [5.74, 6) is 0.811. The Labute approximate surface area is 212 Å². The lowest BCUT2D eigenvalue weighted by molar-refractivity contribution is -0.147. The molecule has 2 saturated heterocycles. The Bertz CT molecular complexity index is 1040. The van der Waals surface area contributed by atoms with E-state index in [9.17, 15) is 9.59 Å². The van der Waals surface area contributed by atoms with Gasteiger partial charge < -0.3 is 20.3 Å². The maximum absolute atomic E-state index is 13.2. The molecule has 0 aromatic heterocycles. The van der Waals surface area contributed by atoms with E-state index in [2.05, 4.69) is 41.5 Å². The van der Waals surface area contributed by atoms with Crippen molar-refractivity contribution in [3.63, 3.8) is 0 Å². The van der Waals surface area contributed by atoms with Crippen molar-refractivity contribution in [1.82, 2.24) is 20.4 Å². The molecule has 8 heteroatoms. The number of methoxy groups -OCH3 is 1. The Morgan fingerprint density at radius 1 is 1.11 bits per heavy atom. The number of carbonyl (C=O) groups excluding carboxylic acids is 2. The average molecular weight is 499 g/mol. The fourth-order valence-electron chi connectivity index (χ4n) is 5.02. The molecule has 35 heavy (non-hydrogen) atoms. The van der Waals surface area contributed by atoms with Crippen molar-refractivity contribution < 1.29 is 14.3 Å². The Kier molecular flexibility index (Phi) is 8.31. The monoisotopic (exact) mass is 498 g/mol. The molecule has 2 aliphatic heterocycles. The van der Waals surface area contributed by atoms with Crippen LogP contribution in [0, 0.1) is 0 Å². The second-order valence-corrected chi connectivity index (χ2v) is 9.76. The predicted molar refractivity (Wildman–Crippen MR) is 137 cm³/mol. The van der Waals surface area contributed by atoms with E-state index in [1.807, 2.05) is 18.2 Å². The maximum Gasteiger partial charge on any atom is 0.246 e. The molecule has 7 nitrogen and oxygen atoms in total. The smallest absolute Gasteiger partial charge is 0.246 e. The van der Waals surface area contributed by atoms with E-state index >= 15 is 0 Å². The van der Waals surface area contributed by atoms with Gasteiger partial charge >= 0.3 is 0 Å². The maximum atomic E-state index is 13.2. The molecule has 2 amide bonds. The number of benzene rings is 2. The summed E-state index contributed by atoms with van der Waals surface area (Å²) in [6.07, 6.45) is 1.08. The van der Waals surface area contributed by atoms with Gasteiger partial charge in [0, 0.05) is 42.7 Å². The summed E-state index contributed by atoms with van der Waals surface area (Å²) >= 11 is 5.97. The molecule has 2 aliphatic rings. The molecule has 2 fully saturated rings. The number of rotatable bonds is 10. The molecule has 0 bridgehead atoms.